The number of allylic oxidation sites excluding steroid dienone is 1. The summed E-state index contributed by atoms with van der Waals surface area (Å²) in [6.45, 7) is 3.89. The summed E-state index contributed by atoms with van der Waals surface area (Å²) in [5.74, 6) is -0.298. The number of benzene rings is 2. The number of aromatic nitrogens is 2. The van der Waals surface area contributed by atoms with E-state index in [4.69, 9.17) is 16.3 Å². The van der Waals surface area contributed by atoms with Crippen LogP contribution < -0.4 is 15.6 Å². The molecule has 0 fully saturated rings. The van der Waals surface area contributed by atoms with Crippen molar-refractivity contribution >= 4 is 51.5 Å². The number of carbonyl (C=O) groups is 1. The number of ether oxygens (including phenoxy) is 1. The molecular formula is C20H17ClN4O5S. The quantitative estimate of drug-likeness (QED) is 0.178. The van der Waals surface area contributed by atoms with Gasteiger partial charge in [0, 0.05) is 17.6 Å². The Labute approximate surface area is 185 Å². The fraction of sp³-hybridized carbons (Fsp3) is 0.150. The van der Waals surface area contributed by atoms with Crippen LogP contribution in [0, 0.1) is 10.1 Å². The zero-order valence-electron chi connectivity index (χ0n) is 16.3. The number of nitrogens with zero attached hydrogens (tertiary/aromatic N) is 3. The van der Waals surface area contributed by atoms with Crippen LogP contribution in [0.4, 0.5) is 11.4 Å². The molecule has 0 aliphatic heterocycles. The minimum Gasteiger partial charge on any atom is -0.494 e. The van der Waals surface area contributed by atoms with E-state index in [2.05, 4.69) is 16.9 Å². The van der Waals surface area contributed by atoms with E-state index in [-0.39, 0.29) is 29.3 Å². The van der Waals surface area contributed by atoms with Crippen molar-refractivity contribution in [3.63, 3.8) is 0 Å². The molecule has 1 N–H and O–H groups in total. The number of rotatable bonds is 8. The number of anilines is 1. The Balaban J connectivity index is 1.83. The van der Waals surface area contributed by atoms with Crippen LogP contribution in [0.2, 0.25) is 5.02 Å². The molecule has 1 aromatic heterocycles. The molecule has 2 aromatic carbocycles. The molecule has 3 rings (SSSR count). The predicted molar refractivity (Wildman–Crippen MR) is 120 cm³/mol. The first-order valence-corrected chi connectivity index (χ1v) is 10.3. The van der Waals surface area contributed by atoms with Crippen LogP contribution in [0.5, 0.6) is 5.75 Å². The van der Waals surface area contributed by atoms with Crippen LogP contribution in [0.1, 0.15) is 0 Å². The van der Waals surface area contributed by atoms with Gasteiger partial charge in [-0.25, -0.2) is 4.98 Å². The number of hydrogen-bond acceptors (Lipinski definition) is 7. The number of nitro benzene ring substituents is 1. The zero-order chi connectivity index (χ0) is 22.5. The lowest BCUT2D eigenvalue weighted by Gasteiger charge is -2.12. The highest BCUT2D eigenvalue weighted by molar-refractivity contribution is 7.99. The maximum absolute atomic E-state index is 12.8. The summed E-state index contributed by atoms with van der Waals surface area (Å²) in [6, 6.07) is 8.68. The van der Waals surface area contributed by atoms with Gasteiger partial charge in [0.05, 0.1) is 40.4 Å². The third-order valence-corrected chi connectivity index (χ3v) is 5.41. The van der Waals surface area contributed by atoms with Gasteiger partial charge < -0.3 is 10.1 Å². The maximum Gasteiger partial charge on any atom is 0.273 e. The lowest BCUT2D eigenvalue weighted by Crippen LogP contribution is -2.23. The third-order valence-electron chi connectivity index (χ3n) is 4.20. The lowest BCUT2D eigenvalue weighted by molar-refractivity contribution is -0.384. The fourth-order valence-electron chi connectivity index (χ4n) is 2.79. The SMILES string of the molecule is C=CCn1c(SCC(=O)Nc2ccc([N+](=O)[O-])cc2OC)nc2cc(Cl)ccc2c1=O. The molecule has 0 atom stereocenters. The molecule has 0 radical (unpaired) electrons. The fourth-order valence-corrected chi connectivity index (χ4v) is 3.76. The first-order chi connectivity index (χ1) is 14.8. The van der Waals surface area contributed by atoms with Gasteiger partial charge in [-0.1, -0.05) is 29.4 Å². The zero-order valence-corrected chi connectivity index (χ0v) is 17.9. The van der Waals surface area contributed by atoms with Crippen LogP contribution in [0.3, 0.4) is 0 Å². The van der Waals surface area contributed by atoms with Gasteiger partial charge >= 0.3 is 0 Å². The first-order valence-electron chi connectivity index (χ1n) is 8.90. The van der Waals surface area contributed by atoms with Gasteiger partial charge in [0.15, 0.2) is 5.16 Å². The van der Waals surface area contributed by atoms with Gasteiger partial charge in [-0.15, -0.1) is 6.58 Å². The second kappa shape index (κ2) is 9.63. The standard InChI is InChI=1S/C20H17ClN4O5S/c1-3-8-24-19(27)14-6-4-12(21)9-16(14)23-20(24)31-11-18(26)22-15-7-5-13(25(28)29)10-17(15)30-2/h3-7,9-10H,1,8,11H2,2H3,(H,22,26). The summed E-state index contributed by atoms with van der Waals surface area (Å²) in [6.07, 6.45) is 1.57. The van der Waals surface area contributed by atoms with Crippen molar-refractivity contribution in [3.8, 4) is 5.75 Å². The summed E-state index contributed by atoms with van der Waals surface area (Å²) in [4.78, 5) is 40.1. The van der Waals surface area contributed by atoms with E-state index in [0.29, 0.717) is 26.8 Å². The van der Waals surface area contributed by atoms with Gasteiger partial charge in [-0.2, -0.15) is 0 Å². The van der Waals surface area contributed by atoms with Crippen LogP contribution in [0.25, 0.3) is 10.9 Å². The molecule has 160 valence electrons. The topological polar surface area (TPSA) is 116 Å². The average molecular weight is 461 g/mol. The highest BCUT2D eigenvalue weighted by atomic mass is 35.5. The van der Waals surface area contributed by atoms with Crippen LogP contribution in [0.15, 0.2) is 59.0 Å². The number of non-ortho nitro benzene ring substituents is 1. The monoisotopic (exact) mass is 460 g/mol. The van der Waals surface area contributed by atoms with Crippen molar-refractivity contribution in [1.29, 1.82) is 0 Å². The van der Waals surface area contributed by atoms with Crippen LogP contribution in [-0.2, 0) is 11.3 Å². The summed E-state index contributed by atoms with van der Waals surface area (Å²) in [7, 11) is 1.35. The highest BCUT2D eigenvalue weighted by Gasteiger charge is 2.16. The Morgan fingerprint density at radius 2 is 2.16 bits per heavy atom. The van der Waals surface area contributed by atoms with E-state index in [1.165, 1.54) is 29.9 Å². The molecule has 0 aliphatic rings. The third kappa shape index (κ3) is 5.04. The van der Waals surface area contributed by atoms with Crippen molar-refractivity contribution in [2.24, 2.45) is 0 Å². The second-order valence-electron chi connectivity index (χ2n) is 6.24. The molecule has 0 saturated carbocycles. The van der Waals surface area contributed by atoms with Gasteiger partial charge in [-0.05, 0) is 24.3 Å². The number of thioether (sulfide) groups is 1. The van der Waals surface area contributed by atoms with E-state index in [9.17, 15) is 19.7 Å². The van der Waals surface area contributed by atoms with E-state index >= 15 is 0 Å². The van der Waals surface area contributed by atoms with Crippen molar-refractivity contribution < 1.29 is 14.5 Å². The number of halogens is 1. The summed E-state index contributed by atoms with van der Waals surface area (Å²) >= 11 is 7.08. The molecule has 11 heteroatoms. The van der Waals surface area contributed by atoms with Crippen LogP contribution in [-0.4, -0.2) is 33.2 Å². The number of methoxy groups -OCH3 is 1. The summed E-state index contributed by atoms with van der Waals surface area (Å²) in [5, 5.41) is 14.7. The Bertz CT molecular complexity index is 1240. The van der Waals surface area contributed by atoms with Gasteiger partial charge in [0.25, 0.3) is 11.2 Å². The van der Waals surface area contributed by atoms with E-state index in [0.717, 1.165) is 11.8 Å². The molecule has 0 saturated heterocycles. The van der Waals surface area contributed by atoms with E-state index < -0.39 is 10.8 Å². The van der Waals surface area contributed by atoms with E-state index in [1.807, 2.05) is 0 Å². The van der Waals surface area contributed by atoms with Crippen molar-refractivity contribution in [3.05, 3.63) is 74.5 Å². The van der Waals surface area contributed by atoms with Gasteiger partial charge in [0.2, 0.25) is 5.91 Å². The molecule has 0 aliphatic carbocycles. The summed E-state index contributed by atoms with van der Waals surface area (Å²) in [5.41, 5.74) is 0.302. The van der Waals surface area contributed by atoms with E-state index in [1.54, 1.807) is 24.3 Å². The van der Waals surface area contributed by atoms with Crippen LogP contribution >= 0.6 is 23.4 Å². The number of carbonyl (C=O) groups excluding carboxylic acids is 1. The Kier molecular flexibility index (Phi) is 6.93. The Morgan fingerprint density at radius 1 is 1.39 bits per heavy atom. The minimum atomic E-state index is -0.555. The molecule has 0 bridgehead atoms. The van der Waals surface area contributed by atoms with Crippen molar-refractivity contribution in [1.82, 2.24) is 9.55 Å². The molecule has 1 heterocycles. The first kappa shape index (κ1) is 22.3. The van der Waals surface area contributed by atoms with Crippen molar-refractivity contribution in [2.45, 2.75) is 11.7 Å². The number of nitrogens with one attached hydrogen (secondary N) is 1. The largest absolute Gasteiger partial charge is 0.494 e. The number of hydrogen-bond donors (Lipinski definition) is 1. The number of nitro groups is 1. The second-order valence-corrected chi connectivity index (χ2v) is 7.62. The smallest absolute Gasteiger partial charge is 0.273 e. The average Bonchev–Trinajstić information content (AvgIpc) is 2.74. The molecule has 31 heavy (non-hydrogen) atoms. The highest BCUT2D eigenvalue weighted by Crippen LogP contribution is 2.29. The Hall–Kier alpha value is -3.37. The molecular weight excluding hydrogens is 444 g/mol. The Morgan fingerprint density at radius 3 is 2.84 bits per heavy atom. The number of amides is 1. The molecule has 0 spiro atoms. The maximum atomic E-state index is 12.8. The lowest BCUT2D eigenvalue weighted by atomic mass is 10.2. The van der Waals surface area contributed by atoms with Crippen molar-refractivity contribution in [2.75, 3.05) is 18.2 Å². The number of fused-ring (bicyclic) bond motifs is 1. The predicted octanol–water partition coefficient (Wildman–Crippen LogP) is 3.88. The molecule has 3 aromatic rings. The van der Waals surface area contributed by atoms with Gasteiger partial charge in [-0.3, -0.25) is 24.3 Å². The molecule has 1 amide bonds. The normalized spacial score (nSPS) is 10.6. The summed E-state index contributed by atoms with van der Waals surface area (Å²) < 4.78 is 6.54. The minimum absolute atomic E-state index is 0.0597. The molecule has 0 unspecified atom stereocenters. The molecule has 9 nitrogen and oxygen atoms in total. The van der Waals surface area contributed by atoms with Gasteiger partial charge in [0.1, 0.15) is 5.75 Å².